The lowest BCUT2D eigenvalue weighted by molar-refractivity contribution is 0.660. The molecule has 1 aliphatic rings. The Morgan fingerprint density at radius 2 is 0.962 bits per heavy atom. The van der Waals surface area contributed by atoms with Gasteiger partial charge in [0.2, 0.25) is 0 Å². The van der Waals surface area contributed by atoms with Crippen LogP contribution in [0.5, 0.6) is 0 Å². The number of hydrogen-bond acceptors (Lipinski definition) is 2. The van der Waals surface area contributed by atoms with Crippen LogP contribution in [0.25, 0.3) is 64.7 Å². The molecule has 1 aromatic heterocycles. The minimum absolute atomic E-state index is 0.0475. The molecular weight excluding hydrogens is 659 g/mol. The van der Waals surface area contributed by atoms with Crippen LogP contribution in [0.1, 0.15) is 25.0 Å². The molecule has 1 aliphatic carbocycles. The molecule has 0 fully saturated rings. The van der Waals surface area contributed by atoms with Gasteiger partial charge in [-0.3, -0.25) is 0 Å². The van der Waals surface area contributed by atoms with Gasteiger partial charge in [0, 0.05) is 42.6 Å². The maximum Gasteiger partial charge on any atom is 0.0468 e. The van der Waals surface area contributed by atoms with Crippen molar-refractivity contribution in [3.63, 3.8) is 0 Å². The average molecular weight is 696 g/mol. The summed E-state index contributed by atoms with van der Waals surface area (Å²) in [5.41, 5.74) is 16.1. The first-order valence-electron chi connectivity index (χ1n) is 18.3. The smallest absolute Gasteiger partial charge is 0.0468 e. The first kappa shape index (κ1) is 31.5. The summed E-state index contributed by atoms with van der Waals surface area (Å²) in [6.45, 7) is 4.69. The van der Waals surface area contributed by atoms with Gasteiger partial charge in [-0.25, -0.2) is 0 Å². The molecule has 0 N–H and O–H groups in total. The molecule has 252 valence electrons. The van der Waals surface area contributed by atoms with Crippen LogP contribution in [-0.4, -0.2) is 0 Å². The van der Waals surface area contributed by atoms with E-state index in [-0.39, 0.29) is 5.41 Å². The molecule has 8 aromatic carbocycles. The Balaban J connectivity index is 1.11. The second kappa shape index (κ2) is 12.5. The normalized spacial score (nSPS) is 12.9. The summed E-state index contributed by atoms with van der Waals surface area (Å²) in [6.07, 6.45) is 0. The van der Waals surface area contributed by atoms with E-state index < -0.39 is 0 Å². The zero-order chi connectivity index (χ0) is 35.5. The predicted octanol–water partition coefficient (Wildman–Crippen LogP) is 14.8. The summed E-state index contributed by atoms with van der Waals surface area (Å²) in [7, 11) is 0. The van der Waals surface area contributed by atoms with Crippen molar-refractivity contribution in [1.82, 2.24) is 0 Å². The minimum Gasteiger partial charge on any atom is -0.310 e. The first-order chi connectivity index (χ1) is 26.0. The summed E-state index contributed by atoms with van der Waals surface area (Å²) in [5, 5.41) is 2.64. The lowest BCUT2D eigenvalue weighted by atomic mass is 9.82. The van der Waals surface area contributed by atoms with Crippen molar-refractivity contribution in [3.05, 3.63) is 199 Å². The number of thiophene rings is 1. The van der Waals surface area contributed by atoms with Gasteiger partial charge in [-0.05, 0) is 104 Å². The number of fused-ring (bicyclic) bond motifs is 6. The Morgan fingerprint density at radius 3 is 1.81 bits per heavy atom. The third-order valence-corrected chi connectivity index (χ3v) is 12.3. The van der Waals surface area contributed by atoms with E-state index in [1.165, 1.54) is 75.8 Å². The van der Waals surface area contributed by atoms with Crippen molar-refractivity contribution in [2.75, 3.05) is 4.90 Å². The molecule has 0 unspecified atom stereocenters. The second-order valence-electron chi connectivity index (χ2n) is 14.6. The van der Waals surface area contributed by atoms with E-state index in [4.69, 9.17) is 0 Å². The van der Waals surface area contributed by atoms with Gasteiger partial charge in [-0.2, -0.15) is 0 Å². The Hall–Kier alpha value is -6.22. The van der Waals surface area contributed by atoms with Gasteiger partial charge < -0.3 is 4.90 Å². The van der Waals surface area contributed by atoms with E-state index in [2.05, 4.69) is 207 Å². The number of nitrogens with zero attached hydrogens (tertiary/aromatic N) is 1. The molecule has 0 saturated carbocycles. The molecule has 53 heavy (non-hydrogen) atoms. The van der Waals surface area contributed by atoms with E-state index in [1.807, 2.05) is 11.3 Å². The van der Waals surface area contributed by atoms with Crippen LogP contribution in [0.3, 0.4) is 0 Å². The van der Waals surface area contributed by atoms with Gasteiger partial charge >= 0.3 is 0 Å². The highest BCUT2D eigenvalue weighted by Gasteiger charge is 2.35. The number of rotatable bonds is 6. The molecule has 0 aliphatic heterocycles. The minimum atomic E-state index is -0.0475. The standard InChI is InChI=1S/C51H37NS/c1-51(2)47-23-8-6-19-43(47)46-33-41(29-30-48(46)51)52(39-27-25-35(26-28-39)37-16-10-15-36(31-37)34-13-4-3-5-14-34)40-18-11-17-38(32-40)42-21-12-22-45-44-20-7-9-24-49(44)53-50(42)45/h3-33H,1-2H3. The van der Waals surface area contributed by atoms with Crippen molar-refractivity contribution in [1.29, 1.82) is 0 Å². The molecule has 1 nitrogen and oxygen atoms in total. The van der Waals surface area contributed by atoms with Crippen molar-refractivity contribution < 1.29 is 0 Å². The third-order valence-electron chi connectivity index (χ3n) is 11.1. The van der Waals surface area contributed by atoms with Gasteiger partial charge in [-0.15, -0.1) is 11.3 Å². The van der Waals surface area contributed by atoms with E-state index in [1.54, 1.807) is 0 Å². The summed E-state index contributed by atoms with van der Waals surface area (Å²) in [6, 6.07) is 69.0. The number of benzene rings is 8. The topological polar surface area (TPSA) is 3.24 Å². The highest BCUT2D eigenvalue weighted by molar-refractivity contribution is 7.26. The highest BCUT2D eigenvalue weighted by Crippen LogP contribution is 2.51. The zero-order valence-electron chi connectivity index (χ0n) is 29.8. The molecule has 0 bridgehead atoms. The maximum absolute atomic E-state index is 2.42. The van der Waals surface area contributed by atoms with Crippen LogP contribution in [0, 0.1) is 0 Å². The first-order valence-corrected chi connectivity index (χ1v) is 19.2. The highest BCUT2D eigenvalue weighted by atomic mass is 32.1. The van der Waals surface area contributed by atoms with Crippen LogP contribution in [0.15, 0.2) is 188 Å². The summed E-state index contributed by atoms with van der Waals surface area (Å²) < 4.78 is 2.65. The predicted molar refractivity (Wildman–Crippen MR) is 228 cm³/mol. The molecule has 9 aromatic rings. The molecule has 1 heterocycles. The zero-order valence-corrected chi connectivity index (χ0v) is 30.6. The van der Waals surface area contributed by atoms with Crippen LogP contribution < -0.4 is 4.90 Å². The summed E-state index contributed by atoms with van der Waals surface area (Å²) >= 11 is 1.88. The van der Waals surface area contributed by atoms with E-state index in [9.17, 15) is 0 Å². The lowest BCUT2D eigenvalue weighted by Gasteiger charge is -2.28. The van der Waals surface area contributed by atoms with E-state index >= 15 is 0 Å². The fraction of sp³-hybridized carbons (Fsp3) is 0.0588. The monoisotopic (exact) mass is 695 g/mol. The summed E-state index contributed by atoms with van der Waals surface area (Å²) in [4.78, 5) is 2.42. The Kier molecular flexibility index (Phi) is 7.42. The molecule has 0 radical (unpaired) electrons. The molecular formula is C51H37NS. The molecule has 0 saturated heterocycles. The third kappa shape index (κ3) is 5.29. The van der Waals surface area contributed by atoms with Crippen LogP contribution in [0.4, 0.5) is 17.1 Å². The molecule has 0 atom stereocenters. The van der Waals surface area contributed by atoms with Crippen molar-refractivity contribution in [2.24, 2.45) is 0 Å². The van der Waals surface area contributed by atoms with Crippen molar-refractivity contribution in [2.45, 2.75) is 19.3 Å². The molecule has 10 rings (SSSR count). The molecule has 0 spiro atoms. The largest absolute Gasteiger partial charge is 0.310 e. The number of anilines is 3. The van der Waals surface area contributed by atoms with Crippen LogP contribution in [-0.2, 0) is 5.41 Å². The maximum atomic E-state index is 2.42. The van der Waals surface area contributed by atoms with Gasteiger partial charge in [-0.1, -0.05) is 153 Å². The van der Waals surface area contributed by atoms with E-state index in [0.717, 1.165) is 17.1 Å². The fourth-order valence-electron chi connectivity index (χ4n) is 8.39. The average Bonchev–Trinajstić information content (AvgIpc) is 3.71. The fourth-order valence-corrected chi connectivity index (χ4v) is 9.63. The van der Waals surface area contributed by atoms with Gasteiger partial charge in [0.15, 0.2) is 0 Å². The Bertz CT molecular complexity index is 2810. The van der Waals surface area contributed by atoms with Gasteiger partial charge in [0.05, 0.1) is 0 Å². The van der Waals surface area contributed by atoms with Crippen LogP contribution >= 0.6 is 11.3 Å². The lowest BCUT2D eigenvalue weighted by Crippen LogP contribution is -2.15. The Labute approximate surface area is 315 Å². The number of hydrogen-bond donors (Lipinski definition) is 0. The van der Waals surface area contributed by atoms with Crippen LogP contribution in [0.2, 0.25) is 0 Å². The van der Waals surface area contributed by atoms with Crippen molar-refractivity contribution >= 4 is 48.6 Å². The van der Waals surface area contributed by atoms with Gasteiger partial charge in [0.25, 0.3) is 0 Å². The second-order valence-corrected chi connectivity index (χ2v) is 15.6. The van der Waals surface area contributed by atoms with E-state index in [0.29, 0.717) is 0 Å². The quantitative estimate of drug-likeness (QED) is 0.167. The van der Waals surface area contributed by atoms with Crippen molar-refractivity contribution in [3.8, 4) is 44.5 Å². The Morgan fingerprint density at radius 1 is 0.377 bits per heavy atom. The van der Waals surface area contributed by atoms with Gasteiger partial charge in [0.1, 0.15) is 0 Å². The molecule has 2 heteroatoms. The SMILES string of the molecule is CC1(C)c2ccccc2-c2cc(N(c3ccc(-c4cccc(-c5ccccc5)c4)cc3)c3cccc(-c4cccc5c4sc4ccccc45)c3)ccc21. The summed E-state index contributed by atoms with van der Waals surface area (Å²) in [5.74, 6) is 0. The molecule has 0 amide bonds.